The molecule has 3 fully saturated rings. The summed E-state index contributed by atoms with van der Waals surface area (Å²) in [7, 11) is 0. The molecule has 0 aromatic carbocycles. The fourth-order valence-corrected chi connectivity index (χ4v) is 5.39. The molecule has 160 valence electrons. The number of amides is 2. The summed E-state index contributed by atoms with van der Waals surface area (Å²) in [6, 6.07) is 3.69. The van der Waals surface area contributed by atoms with Crippen LogP contribution in [0.1, 0.15) is 26.7 Å². The molecular formula is C23H29N3O4. The van der Waals surface area contributed by atoms with E-state index in [0.29, 0.717) is 31.3 Å². The van der Waals surface area contributed by atoms with E-state index in [1.54, 1.807) is 17.3 Å². The molecule has 0 N–H and O–H groups in total. The number of carbonyl (C=O) groups excluding carboxylic acids is 2. The molecule has 0 radical (unpaired) electrons. The zero-order valence-corrected chi connectivity index (χ0v) is 17.6. The van der Waals surface area contributed by atoms with E-state index in [1.807, 2.05) is 29.2 Å². The average molecular weight is 412 g/mol. The van der Waals surface area contributed by atoms with Crippen molar-refractivity contribution in [1.82, 2.24) is 14.8 Å². The van der Waals surface area contributed by atoms with Crippen LogP contribution in [0.15, 0.2) is 36.7 Å². The van der Waals surface area contributed by atoms with Crippen LogP contribution < -0.4 is 4.74 Å². The van der Waals surface area contributed by atoms with Gasteiger partial charge in [0.2, 0.25) is 11.8 Å². The quantitative estimate of drug-likeness (QED) is 0.641. The van der Waals surface area contributed by atoms with Gasteiger partial charge >= 0.3 is 0 Å². The number of carbonyl (C=O) groups is 2. The van der Waals surface area contributed by atoms with E-state index < -0.39 is 17.4 Å². The molecule has 3 saturated heterocycles. The van der Waals surface area contributed by atoms with Gasteiger partial charge in [-0.2, -0.15) is 0 Å². The van der Waals surface area contributed by atoms with Crippen molar-refractivity contribution in [3.63, 3.8) is 0 Å². The standard InChI is InChI=1S/C23H29N3O4/c1-3-15(4-2)11-26-14-23-8-7-18(30-23)19(20(23)22(26)28)21(27)25-12-17(13-25)29-16-6-5-9-24-10-16/h5-10,15,17-20H,3-4,11-14H2,1-2H3/t18-,19?,20?,23-/m0/s1. The summed E-state index contributed by atoms with van der Waals surface area (Å²) in [6.45, 7) is 6.71. The Morgan fingerprint density at radius 3 is 2.87 bits per heavy atom. The lowest BCUT2D eigenvalue weighted by Crippen LogP contribution is -2.59. The molecule has 30 heavy (non-hydrogen) atoms. The van der Waals surface area contributed by atoms with Crippen molar-refractivity contribution in [2.75, 3.05) is 26.2 Å². The van der Waals surface area contributed by atoms with E-state index in [0.717, 1.165) is 19.4 Å². The van der Waals surface area contributed by atoms with Crippen molar-refractivity contribution in [1.29, 1.82) is 0 Å². The normalized spacial score (nSPS) is 32.1. The van der Waals surface area contributed by atoms with Crippen molar-refractivity contribution < 1.29 is 19.1 Å². The maximum absolute atomic E-state index is 13.3. The number of pyridine rings is 1. The Hall–Kier alpha value is -2.41. The minimum Gasteiger partial charge on any atom is -0.485 e. The lowest BCUT2D eigenvalue weighted by atomic mass is 9.76. The van der Waals surface area contributed by atoms with Crippen LogP contribution in [0.5, 0.6) is 5.75 Å². The molecule has 2 unspecified atom stereocenters. The van der Waals surface area contributed by atoms with Crippen LogP contribution in [0.25, 0.3) is 0 Å². The van der Waals surface area contributed by atoms with Crippen LogP contribution in [0.2, 0.25) is 0 Å². The van der Waals surface area contributed by atoms with Crippen LogP contribution in [0, 0.1) is 17.8 Å². The Balaban J connectivity index is 1.25. The number of ether oxygens (including phenoxy) is 2. The number of nitrogens with zero attached hydrogens (tertiary/aromatic N) is 3. The van der Waals surface area contributed by atoms with Crippen molar-refractivity contribution >= 4 is 11.8 Å². The highest BCUT2D eigenvalue weighted by Crippen LogP contribution is 2.52. The van der Waals surface area contributed by atoms with Crippen molar-refractivity contribution in [2.45, 2.75) is 44.5 Å². The second-order valence-corrected chi connectivity index (χ2v) is 8.97. The van der Waals surface area contributed by atoms with Gasteiger partial charge in [-0.25, -0.2) is 0 Å². The van der Waals surface area contributed by atoms with Gasteiger partial charge in [0.1, 0.15) is 17.5 Å². The number of likely N-dealkylation sites (tertiary alicyclic amines) is 2. The van der Waals surface area contributed by atoms with Gasteiger partial charge in [-0.1, -0.05) is 38.8 Å². The number of fused-ring (bicyclic) bond motifs is 1. The highest BCUT2D eigenvalue weighted by atomic mass is 16.5. The van der Waals surface area contributed by atoms with Crippen molar-refractivity contribution in [3.05, 3.63) is 36.7 Å². The molecule has 7 nitrogen and oxygen atoms in total. The lowest BCUT2D eigenvalue weighted by molar-refractivity contribution is -0.150. The average Bonchev–Trinajstić information content (AvgIpc) is 3.37. The zero-order valence-electron chi connectivity index (χ0n) is 17.6. The molecule has 1 aromatic heterocycles. The van der Waals surface area contributed by atoms with Crippen LogP contribution in [0.3, 0.4) is 0 Å². The molecule has 1 spiro atoms. The summed E-state index contributed by atoms with van der Waals surface area (Å²) >= 11 is 0. The Kier molecular flexibility index (Phi) is 4.81. The number of rotatable bonds is 7. The predicted octanol–water partition coefficient (Wildman–Crippen LogP) is 1.89. The molecule has 4 aliphatic heterocycles. The summed E-state index contributed by atoms with van der Waals surface area (Å²) in [5, 5.41) is 0. The third kappa shape index (κ3) is 3.02. The summed E-state index contributed by atoms with van der Waals surface area (Å²) in [4.78, 5) is 34.4. The van der Waals surface area contributed by atoms with Crippen LogP contribution in [0.4, 0.5) is 0 Å². The van der Waals surface area contributed by atoms with Gasteiger partial charge in [-0.05, 0) is 18.1 Å². The van der Waals surface area contributed by atoms with Gasteiger partial charge in [0.15, 0.2) is 0 Å². The highest BCUT2D eigenvalue weighted by molar-refractivity contribution is 5.93. The van der Waals surface area contributed by atoms with Crippen LogP contribution in [-0.2, 0) is 14.3 Å². The molecule has 5 rings (SSSR count). The molecule has 1 aromatic rings. The monoisotopic (exact) mass is 411 g/mol. The molecule has 2 bridgehead atoms. The molecular weight excluding hydrogens is 382 g/mol. The van der Waals surface area contributed by atoms with E-state index in [1.165, 1.54) is 0 Å². The molecule has 2 amide bonds. The highest BCUT2D eigenvalue weighted by Gasteiger charge is 2.67. The van der Waals surface area contributed by atoms with Gasteiger partial charge in [-0.15, -0.1) is 0 Å². The van der Waals surface area contributed by atoms with Crippen molar-refractivity contribution in [3.8, 4) is 5.75 Å². The van der Waals surface area contributed by atoms with Gasteiger partial charge in [0.25, 0.3) is 0 Å². The first kappa shape index (κ1) is 19.5. The first-order chi connectivity index (χ1) is 14.5. The van der Waals surface area contributed by atoms with Gasteiger partial charge < -0.3 is 19.3 Å². The molecule has 4 atom stereocenters. The van der Waals surface area contributed by atoms with Gasteiger partial charge in [0, 0.05) is 12.7 Å². The summed E-state index contributed by atoms with van der Waals surface area (Å²) < 4.78 is 12.1. The zero-order chi connectivity index (χ0) is 20.9. The third-order valence-electron chi connectivity index (χ3n) is 7.19. The fourth-order valence-electron chi connectivity index (χ4n) is 5.39. The summed E-state index contributed by atoms with van der Waals surface area (Å²) in [5.74, 6) is 0.472. The third-order valence-corrected chi connectivity index (χ3v) is 7.19. The molecule has 4 aliphatic rings. The number of hydrogen-bond acceptors (Lipinski definition) is 5. The van der Waals surface area contributed by atoms with Crippen molar-refractivity contribution in [2.24, 2.45) is 17.8 Å². The SMILES string of the molecule is CCC(CC)CN1C[C@]23C=C[C@H](O2)C(C(=O)N2CC(Oc4cccnc4)C2)C3C1=O. The largest absolute Gasteiger partial charge is 0.485 e. The minimum absolute atomic E-state index is 0.0139. The van der Waals surface area contributed by atoms with Crippen LogP contribution in [-0.4, -0.2) is 70.6 Å². The Labute approximate surface area is 177 Å². The summed E-state index contributed by atoms with van der Waals surface area (Å²) in [5.41, 5.74) is -0.620. The first-order valence-electron chi connectivity index (χ1n) is 11.1. The number of aromatic nitrogens is 1. The van der Waals surface area contributed by atoms with Gasteiger partial charge in [0.05, 0.1) is 43.8 Å². The molecule has 0 aliphatic carbocycles. The Morgan fingerprint density at radius 2 is 2.17 bits per heavy atom. The first-order valence-corrected chi connectivity index (χ1v) is 11.1. The molecule has 0 saturated carbocycles. The van der Waals surface area contributed by atoms with E-state index in [-0.39, 0.29) is 24.0 Å². The van der Waals surface area contributed by atoms with Crippen LogP contribution >= 0.6 is 0 Å². The van der Waals surface area contributed by atoms with E-state index in [9.17, 15) is 9.59 Å². The topological polar surface area (TPSA) is 72.0 Å². The summed E-state index contributed by atoms with van der Waals surface area (Å²) in [6.07, 6.45) is 9.16. The maximum Gasteiger partial charge on any atom is 0.230 e. The maximum atomic E-state index is 13.3. The molecule has 5 heterocycles. The second-order valence-electron chi connectivity index (χ2n) is 8.97. The Bertz CT molecular complexity index is 849. The molecule has 7 heteroatoms. The van der Waals surface area contributed by atoms with Gasteiger partial charge in [-0.3, -0.25) is 14.6 Å². The number of hydrogen-bond donors (Lipinski definition) is 0. The second kappa shape index (κ2) is 7.38. The Morgan fingerprint density at radius 1 is 1.37 bits per heavy atom. The van der Waals surface area contributed by atoms with E-state index in [2.05, 4.69) is 18.8 Å². The van der Waals surface area contributed by atoms with E-state index in [4.69, 9.17) is 9.47 Å². The fraction of sp³-hybridized carbons (Fsp3) is 0.609. The van der Waals surface area contributed by atoms with E-state index >= 15 is 0 Å². The minimum atomic E-state index is -0.620. The smallest absolute Gasteiger partial charge is 0.230 e. The lowest BCUT2D eigenvalue weighted by Gasteiger charge is -2.41. The predicted molar refractivity (Wildman–Crippen MR) is 110 cm³/mol.